The molecular weight excluding hydrogens is 307 g/mol. The molecule has 0 saturated carbocycles. The minimum Gasteiger partial charge on any atom is -0.355 e. The van der Waals surface area contributed by atoms with Crippen LogP contribution in [-0.2, 0) is 0 Å². The second-order valence-corrected chi connectivity index (χ2v) is 6.20. The molecule has 0 unspecified atom stereocenters. The van der Waals surface area contributed by atoms with Crippen LogP contribution < -0.4 is 10.6 Å². The highest BCUT2D eigenvalue weighted by Gasteiger charge is 2.28. The van der Waals surface area contributed by atoms with E-state index in [1.54, 1.807) is 7.05 Å². The number of aliphatic imine (C=N–C) groups is 1. The van der Waals surface area contributed by atoms with Crippen LogP contribution in [0.1, 0.15) is 27.7 Å². The molecule has 0 heterocycles. The smallest absolute Gasteiger partial charge is 0.355 e. The van der Waals surface area contributed by atoms with Crippen LogP contribution in [0.15, 0.2) is 4.99 Å². The Morgan fingerprint density at radius 2 is 1.48 bits per heavy atom. The van der Waals surface area contributed by atoms with Gasteiger partial charge in [-0.05, 0) is 34.7 Å². The standard InChI is InChI=1S/C15H32F3N5/c1-12(2)23(13(3)4)10-8-21-14(19-5)20-7-9-22(6)11-15(16,17)18/h12-13H,7-11H2,1-6H3,(H2,19,20,21). The van der Waals surface area contributed by atoms with Crippen molar-refractivity contribution in [2.75, 3.05) is 46.8 Å². The number of hydrogen-bond donors (Lipinski definition) is 2. The Kier molecular flexibility index (Phi) is 10.2. The molecule has 5 nitrogen and oxygen atoms in total. The molecule has 0 aliphatic carbocycles. The van der Waals surface area contributed by atoms with E-state index in [1.807, 2.05) is 0 Å². The van der Waals surface area contributed by atoms with E-state index in [1.165, 1.54) is 11.9 Å². The highest BCUT2D eigenvalue weighted by Crippen LogP contribution is 2.14. The second-order valence-electron chi connectivity index (χ2n) is 6.20. The summed E-state index contributed by atoms with van der Waals surface area (Å²) in [5.41, 5.74) is 0. The fourth-order valence-corrected chi connectivity index (χ4v) is 2.39. The average Bonchev–Trinajstić information content (AvgIpc) is 2.38. The van der Waals surface area contributed by atoms with Crippen molar-refractivity contribution in [3.63, 3.8) is 0 Å². The molecule has 23 heavy (non-hydrogen) atoms. The van der Waals surface area contributed by atoms with E-state index < -0.39 is 12.7 Å². The van der Waals surface area contributed by atoms with Crippen LogP contribution >= 0.6 is 0 Å². The quantitative estimate of drug-likeness (QED) is 0.496. The zero-order valence-electron chi connectivity index (χ0n) is 15.2. The summed E-state index contributed by atoms with van der Waals surface area (Å²) in [7, 11) is 3.10. The molecular formula is C15H32F3N5. The van der Waals surface area contributed by atoms with E-state index in [2.05, 4.69) is 48.2 Å². The van der Waals surface area contributed by atoms with Gasteiger partial charge >= 0.3 is 6.18 Å². The van der Waals surface area contributed by atoms with Crippen LogP contribution in [0.4, 0.5) is 13.2 Å². The average molecular weight is 339 g/mol. The van der Waals surface area contributed by atoms with Crippen molar-refractivity contribution in [2.45, 2.75) is 46.0 Å². The van der Waals surface area contributed by atoms with Gasteiger partial charge in [0.25, 0.3) is 0 Å². The molecule has 0 radical (unpaired) electrons. The van der Waals surface area contributed by atoms with Gasteiger partial charge in [-0.25, -0.2) is 0 Å². The van der Waals surface area contributed by atoms with Crippen LogP contribution in [0, 0.1) is 0 Å². The lowest BCUT2D eigenvalue weighted by Gasteiger charge is -2.30. The summed E-state index contributed by atoms with van der Waals surface area (Å²) in [5.74, 6) is 0.609. The van der Waals surface area contributed by atoms with Gasteiger partial charge < -0.3 is 10.6 Å². The first-order valence-electron chi connectivity index (χ1n) is 8.02. The van der Waals surface area contributed by atoms with Crippen LogP contribution in [0.3, 0.4) is 0 Å². The Morgan fingerprint density at radius 3 is 1.87 bits per heavy atom. The van der Waals surface area contributed by atoms with Crippen molar-refractivity contribution in [2.24, 2.45) is 4.99 Å². The van der Waals surface area contributed by atoms with Crippen molar-refractivity contribution in [3.8, 4) is 0 Å². The number of guanidine groups is 1. The lowest BCUT2D eigenvalue weighted by atomic mass is 10.2. The van der Waals surface area contributed by atoms with Crippen molar-refractivity contribution < 1.29 is 13.2 Å². The number of nitrogens with one attached hydrogen (secondary N) is 2. The molecule has 0 bridgehead atoms. The molecule has 0 aliphatic heterocycles. The largest absolute Gasteiger partial charge is 0.401 e. The first kappa shape index (κ1) is 22.0. The van der Waals surface area contributed by atoms with Gasteiger partial charge in [0.2, 0.25) is 0 Å². The fraction of sp³-hybridized carbons (Fsp3) is 0.933. The number of nitrogens with zero attached hydrogens (tertiary/aromatic N) is 3. The molecule has 0 saturated heterocycles. The summed E-state index contributed by atoms with van der Waals surface area (Å²) in [6, 6.07) is 0.922. The Balaban J connectivity index is 4.05. The van der Waals surface area contributed by atoms with Crippen molar-refractivity contribution in [3.05, 3.63) is 0 Å². The molecule has 138 valence electrons. The van der Waals surface area contributed by atoms with Crippen molar-refractivity contribution in [1.82, 2.24) is 20.4 Å². The predicted octanol–water partition coefficient (Wildman–Crippen LogP) is 1.76. The number of alkyl halides is 3. The maximum atomic E-state index is 12.2. The zero-order chi connectivity index (χ0) is 18.0. The first-order valence-corrected chi connectivity index (χ1v) is 8.02. The number of rotatable bonds is 9. The fourth-order valence-electron chi connectivity index (χ4n) is 2.39. The third kappa shape index (κ3) is 11.2. The summed E-state index contributed by atoms with van der Waals surface area (Å²) in [5, 5.41) is 6.22. The van der Waals surface area contributed by atoms with Crippen molar-refractivity contribution in [1.29, 1.82) is 0 Å². The zero-order valence-corrected chi connectivity index (χ0v) is 15.2. The van der Waals surface area contributed by atoms with Crippen LogP contribution in [-0.4, -0.2) is 80.8 Å². The van der Waals surface area contributed by atoms with Gasteiger partial charge in [-0.3, -0.25) is 14.8 Å². The predicted molar refractivity (Wildman–Crippen MR) is 89.9 cm³/mol. The highest BCUT2D eigenvalue weighted by molar-refractivity contribution is 5.79. The van der Waals surface area contributed by atoms with Crippen LogP contribution in [0.5, 0.6) is 0 Å². The number of likely N-dealkylation sites (N-methyl/N-ethyl adjacent to an activating group) is 1. The van der Waals surface area contributed by atoms with Gasteiger partial charge in [0.05, 0.1) is 6.54 Å². The molecule has 0 aromatic heterocycles. The lowest BCUT2D eigenvalue weighted by Crippen LogP contribution is -2.46. The maximum absolute atomic E-state index is 12.2. The molecule has 8 heteroatoms. The van der Waals surface area contributed by atoms with Gasteiger partial charge in [0, 0.05) is 45.3 Å². The highest BCUT2D eigenvalue weighted by atomic mass is 19.4. The third-order valence-electron chi connectivity index (χ3n) is 3.45. The summed E-state index contributed by atoms with van der Waals surface area (Å²) >= 11 is 0. The normalized spacial score (nSPS) is 13.5. The van der Waals surface area contributed by atoms with Gasteiger partial charge in [-0.1, -0.05) is 0 Å². The SMILES string of the molecule is CN=C(NCCN(C)CC(F)(F)F)NCCN(C(C)C)C(C)C. The Hall–Kier alpha value is -1.02. The van der Waals surface area contributed by atoms with E-state index in [-0.39, 0.29) is 0 Å². The van der Waals surface area contributed by atoms with Gasteiger partial charge in [0.15, 0.2) is 5.96 Å². The van der Waals surface area contributed by atoms with Crippen LogP contribution in [0.25, 0.3) is 0 Å². The lowest BCUT2D eigenvalue weighted by molar-refractivity contribution is -0.142. The van der Waals surface area contributed by atoms with Gasteiger partial charge in [0.1, 0.15) is 0 Å². The second kappa shape index (κ2) is 10.7. The molecule has 0 rings (SSSR count). The Labute approximate surface area is 138 Å². The monoisotopic (exact) mass is 339 g/mol. The molecule has 0 aromatic rings. The summed E-state index contributed by atoms with van der Waals surface area (Å²) in [6.45, 7) is 10.0. The van der Waals surface area contributed by atoms with Crippen molar-refractivity contribution >= 4 is 5.96 Å². The molecule has 2 N–H and O–H groups in total. The number of halogens is 3. The van der Waals surface area contributed by atoms with E-state index in [0.717, 1.165) is 13.1 Å². The van der Waals surface area contributed by atoms with E-state index in [9.17, 15) is 13.2 Å². The molecule has 0 fully saturated rings. The van der Waals surface area contributed by atoms with Crippen LogP contribution in [0.2, 0.25) is 0 Å². The molecule has 0 aliphatic rings. The summed E-state index contributed by atoms with van der Waals surface area (Å²) in [6.07, 6.45) is -4.16. The minimum absolute atomic E-state index is 0.296. The minimum atomic E-state index is -4.16. The Bertz CT molecular complexity index is 334. The first-order chi connectivity index (χ1) is 10.6. The van der Waals surface area contributed by atoms with Gasteiger partial charge in [-0.2, -0.15) is 13.2 Å². The van der Waals surface area contributed by atoms with Gasteiger partial charge in [-0.15, -0.1) is 0 Å². The van der Waals surface area contributed by atoms with E-state index in [4.69, 9.17) is 0 Å². The van der Waals surface area contributed by atoms with E-state index >= 15 is 0 Å². The van der Waals surface area contributed by atoms with E-state index in [0.29, 0.717) is 31.1 Å². The third-order valence-corrected chi connectivity index (χ3v) is 3.45. The number of hydrogen-bond acceptors (Lipinski definition) is 3. The maximum Gasteiger partial charge on any atom is 0.401 e. The summed E-state index contributed by atoms with van der Waals surface area (Å²) in [4.78, 5) is 7.68. The topological polar surface area (TPSA) is 42.9 Å². The summed E-state index contributed by atoms with van der Waals surface area (Å²) < 4.78 is 36.7. The Morgan fingerprint density at radius 1 is 1.00 bits per heavy atom. The molecule has 0 aromatic carbocycles. The molecule has 0 spiro atoms. The molecule has 0 atom stereocenters. The molecule has 0 amide bonds.